The second-order valence-corrected chi connectivity index (χ2v) is 19.6. The predicted octanol–water partition coefficient (Wildman–Crippen LogP) is 3.58. The third kappa shape index (κ3) is 15.2. The van der Waals surface area contributed by atoms with Crippen LogP contribution in [0.1, 0.15) is 76.0 Å². The van der Waals surface area contributed by atoms with Crippen molar-refractivity contribution in [1.29, 1.82) is 0 Å². The Labute approximate surface area is 434 Å². The van der Waals surface area contributed by atoms with Gasteiger partial charge >= 0.3 is 6.18 Å². The van der Waals surface area contributed by atoms with Crippen LogP contribution in [0.5, 0.6) is 0 Å². The van der Waals surface area contributed by atoms with Gasteiger partial charge in [-0.3, -0.25) is 33.9 Å². The number of likely N-dealkylation sites (tertiary alicyclic amines) is 2. The standard InChI is InChI=1S/C52H72F3N11O9/c1-33(2)65(4)36-10-12-42(66-20-14-40(51(66)71)63-49-38-29-35(52(53,54)55)9-11-39(38)60-32-61-49)41(30-36)62-43(67)8-6-16-57-44-45(48(69)47(44)68)58-17-21-72-23-25-74-27-28-75-26-24-73-22-18-59-50(70)37-13-19-64(3)46(37)34-7-5-15-56-31-34/h5,7,9,11,15,29,31-33,36-37,40-42,46,57-58H,6,8,10,12-14,16-28,30H2,1-4H3,(H,59,70)(H,62,67)(H,60,61,63)/t36-,37+,40+,41-,42+,46-/m1/s1. The van der Waals surface area contributed by atoms with Crippen molar-refractivity contribution in [3.63, 3.8) is 0 Å². The van der Waals surface area contributed by atoms with Crippen molar-refractivity contribution in [1.82, 2.24) is 40.3 Å². The van der Waals surface area contributed by atoms with Crippen LogP contribution in [0.2, 0.25) is 0 Å². The Bertz CT molecular complexity index is 2570. The summed E-state index contributed by atoms with van der Waals surface area (Å²) in [5.74, 6) is -0.404. The van der Waals surface area contributed by atoms with E-state index in [-0.39, 0.29) is 103 Å². The number of pyridine rings is 1. The molecule has 23 heteroatoms. The van der Waals surface area contributed by atoms with E-state index < -0.39 is 28.6 Å². The van der Waals surface area contributed by atoms with Crippen LogP contribution >= 0.6 is 0 Å². The summed E-state index contributed by atoms with van der Waals surface area (Å²) in [5.41, 5.74) is -0.406. The monoisotopic (exact) mass is 1050 g/mol. The second-order valence-electron chi connectivity index (χ2n) is 19.6. The number of rotatable bonds is 29. The Kier molecular flexibility index (Phi) is 20.7. The van der Waals surface area contributed by atoms with Gasteiger partial charge in [-0.05, 0) is 103 Å². The zero-order valence-electron chi connectivity index (χ0n) is 43.3. The van der Waals surface area contributed by atoms with Crippen LogP contribution in [-0.2, 0) is 39.5 Å². The molecule has 5 N–H and O–H groups in total. The molecule has 7 rings (SSSR count). The number of aromatic nitrogens is 3. The first-order valence-electron chi connectivity index (χ1n) is 26.0. The van der Waals surface area contributed by atoms with Gasteiger partial charge in [-0.2, -0.15) is 13.2 Å². The maximum absolute atomic E-state index is 14.0. The maximum atomic E-state index is 14.0. The molecule has 75 heavy (non-hydrogen) atoms. The Hall–Kier alpha value is -5.85. The summed E-state index contributed by atoms with van der Waals surface area (Å²) in [6.45, 7) is 9.24. The number of nitrogens with one attached hydrogen (secondary N) is 5. The van der Waals surface area contributed by atoms with E-state index in [0.29, 0.717) is 90.5 Å². The van der Waals surface area contributed by atoms with Gasteiger partial charge < -0.3 is 55.3 Å². The van der Waals surface area contributed by atoms with Crippen molar-refractivity contribution >= 4 is 45.8 Å². The fraction of sp³-hybridized carbons (Fsp3) is 0.615. The first-order valence-corrected chi connectivity index (χ1v) is 26.0. The fourth-order valence-electron chi connectivity index (χ4n) is 10.2. The number of benzene rings is 1. The Morgan fingerprint density at radius 1 is 0.840 bits per heavy atom. The van der Waals surface area contributed by atoms with E-state index >= 15 is 0 Å². The highest BCUT2D eigenvalue weighted by Crippen LogP contribution is 2.37. The van der Waals surface area contributed by atoms with Crippen LogP contribution in [0.4, 0.5) is 30.4 Å². The van der Waals surface area contributed by atoms with Gasteiger partial charge in [-0.1, -0.05) is 6.07 Å². The van der Waals surface area contributed by atoms with Crippen molar-refractivity contribution in [2.45, 2.75) is 101 Å². The third-order valence-corrected chi connectivity index (χ3v) is 14.5. The van der Waals surface area contributed by atoms with Crippen LogP contribution in [0.25, 0.3) is 10.9 Å². The van der Waals surface area contributed by atoms with Gasteiger partial charge in [0.15, 0.2) is 0 Å². The summed E-state index contributed by atoms with van der Waals surface area (Å²) in [5, 5.41) is 15.4. The average molecular weight is 1050 g/mol. The lowest BCUT2D eigenvalue weighted by atomic mass is 9.84. The zero-order chi connectivity index (χ0) is 53.5. The molecule has 2 aliphatic heterocycles. The van der Waals surface area contributed by atoms with Crippen molar-refractivity contribution in [2.75, 3.05) is 116 Å². The van der Waals surface area contributed by atoms with Crippen molar-refractivity contribution < 1.29 is 46.5 Å². The first-order chi connectivity index (χ1) is 36.1. The smallest absolute Gasteiger partial charge is 0.380 e. The number of hydrogen-bond donors (Lipinski definition) is 5. The van der Waals surface area contributed by atoms with Crippen molar-refractivity contribution in [3.8, 4) is 0 Å². The molecule has 1 aliphatic carbocycles. The number of carbonyl (C=O) groups is 3. The van der Waals surface area contributed by atoms with Crippen LogP contribution in [-0.4, -0.2) is 177 Å². The Morgan fingerprint density at radius 3 is 2.19 bits per heavy atom. The molecule has 0 spiro atoms. The number of anilines is 3. The van der Waals surface area contributed by atoms with Crippen molar-refractivity contribution in [3.05, 3.63) is 80.6 Å². The normalized spacial score (nSPS) is 21.4. The number of fused-ring (bicyclic) bond motifs is 1. The van der Waals surface area contributed by atoms with Gasteiger partial charge in [0.25, 0.3) is 10.9 Å². The second kappa shape index (κ2) is 27.3. The van der Waals surface area contributed by atoms with E-state index in [1.54, 1.807) is 11.1 Å². The lowest BCUT2D eigenvalue weighted by molar-refractivity contribution is -0.137. The van der Waals surface area contributed by atoms with Gasteiger partial charge in [0.1, 0.15) is 29.6 Å². The molecule has 3 fully saturated rings. The SMILES string of the molecule is CC(C)N(C)[C@@H]1CC[C@H](N2CC[C@H](Nc3ncnc4ccc(C(F)(F)F)cc34)C2=O)[C@H](NC(=O)CCCNc2c(NCCOCCOCCOCCOCCNC(=O)[C@H]3CCN(C)[C@@H]3c3cccnc3)c(=O)c2=O)C1. The molecule has 0 radical (unpaired) electrons. The number of ether oxygens (including phenoxy) is 4. The molecule has 1 saturated carbocycles. The largest absolute Gasteiger partial charge is 0.416 e. The lowest BCUT2D eigenvalue weighted by Gasteiger charge is -2.44. The highest BCUT2D eigenvalue weighted by atomic mass is 19.4. The highest BCUT2D eigenvalue weighted by molar-refractivity contribution is 5.93. The highest BCUT2D eigenvalue weighted by Gasteiger charge is 2.44. The minimum Gasteiger partial charge on any atom is -0.380 e. The summed E-state index contributed by atoms with van der Waals surface area (Å²) >= 11 is 0. The minimum absolute atomic E-state index is 0.00741. The van der Waals surface area contributed by atoms with E-state index in [2.05, 4.69) is 65.2 Å². The van der Waals surface area contributed by atoms with Crippen LogP contribution in [0.15, 0.2) is 58.6 Å². The molecule has 0 bridgehead atoms. The van der Waals surface area contributed by atoms with E-state index in [0.717, 1.165) is 37.1 Å². The quantitative estimate of drug-likeness (QED) is 0.0387. The number of alkyl halides is 3. The maximum Gasteiger partial charge on any atom is 0.416 e. The number of nitrogens with zero attached hydrogens (tertiary/aromatic N) is 6. The number of halogens is 3. The molecule has 0 unspecified atom stereocenters. The van der Waals surface area contributed by atoms with Crippen LogP contribution in [0, 0.1) is 5.92 Å². The van der Waals surface area contributed by atoms with E-state index in [1.165, 1.54) is 12.4 Å². The van der Waals surface area contributed by atoms with Crippen LogP contribution < -0.4 is 37.4 Å². The molecule has 2 saturated heterocycles. The van der Waals surface area contributed by atoms with Gasteiger partial charge in [-0.25, -0.2) is 9.97 Å². The molecule has 2 aromatic carbocycles. The average Bonchev–Trinajstić information content (AvgIpc) is 3.98. The van der Waals surface area contributed by atoms with Gasteiger partial charge in [0.05, 0.1) is 81.9 Å². The number of hydrogen-bond acceptors (Lipinski definition) is 17. The molecular formula is C52H72F3N11O9. The van der Waals surface area contributed by atoms with Gasteiger partial charge in [-0.15, -0.1) is 0 Å². The summed E-state index contributed by atoms with van der Waals surface area (Å²) in [7, 11) is 4.07. The number of carbonyl (C=O) groups excluding carboxylic acids is 3. The summed E-state index contributed by atoms with van der Waals surface area (Å²) < 4.78 is 63.1. The molecule has 4 aromatic rings. The summed E-state index contributed by atoms with van der Waals surface area (Å²) in [4.78, 5) is 83.9. The van der Waals surface area contributed by atoms with E-state index in [9.17, 15) is 37.1 Å². The molecule has 3 amide bonds. The molecule has 6 atom stereocenters. The molecule has 3 aliphatic rings. The van der Waals surface area contributed by atoms with Crippen molar-refractivity contribution in [2.24, 2.45) is 5.92 Å². The number of amides is 3. The fourth-order valence-corrected chi connectivity index (χ4v) is 10.2. The lowest BCUT2D eigenvalue weighted by Crippen LogP contribution is -2.58. The van der Waals surface area contributed by atoms with E-state index in [1.807, 2.05) is 32.4 Å². The first kappa shape index (κ1) is 56.9. The molecule has 2 aromatic heterocycles. The zero-order valence-corrected chi connectivity index (χ0v) is 43.3. The topological polar surface area (TPSA) is 231 Å². The Morgan fingerprint density at radius 2 is 1.52 bits per heavy atom. The Balaban J connectivity index is 0.747. The molecular weight excluding hydrogens is 980 g/mol. The third-order valence-electron chi connectivity index (χ3n) is 14.5. The summed E-state index contributed by atoms with van der Waals surface area (Å²) in [6.07, 6.45) is 3.98. The van der Waals surface area contributed by atoms with Gasteiger partial charge in [0, 0.05) is 68.5 Å². The minimum atomic E-state index is -4.56. The molecule has 20 nitrogen and oxygen atoms in total. The summed E-state index contributed by atoms with van der Waals surface area (Å²) in [6, 6.07) is 6.16. The predicted molar refractivity (Wildman–Crippen MR) is 276 cm³/mol. The molecule has 4 heterocycles. The molecule has 410 valence electrons. The van der Waals surface area contributed by atoms with Gasteiger partial charge in [0.2, 0.25) is 17.7 Å². The van der Waals surface area contributed by atoms with Crippen LogP contribution in [0.3, 0.4) is 0 Å². The van der Waals surface area contributed by atoms with E-state index in [4.69, 9.17) is 18.9 Å².